The van der Waals surface area contributed by atoms with Crippen molar-refractivity contribution in [3.63, 3.8) is 0 Å². The molecule has 2 fully saturated rings. The van der Waals surface area contributed by atoms with Crippen molar-refractivity contribution in [3.05, 3.63) is 12.4 Å². The van der Waals surface area contributed by atoms with E-state index in [0.717, 1.165) is 24.8 Å². The highest BCUT2D eigenvalue weighted by atomic mass is 16.7. The van der Waals surface area contributed by atoms with E-state index in [1.54, 1.807) is 12.4 Å². The molecule has 0 bridgehead atoms. The summed E-state index contributed by atoms with van der Waals surface area (Å²) in [6.45, 7) is 8.72. The molecule has 1 amide bonds. The molecule has 1 aromatic rings. The first-order chi connectivity index (χ1) is 13.1. The van der Waals surface area contributed by atoms with Crippen LogP contribution in [-0.4, -0.2) is 76.3 Å². The van der Waals surface area contributed by atoms with Crippen LogP contribution in [0.25, 0.3) is 0 Å². The average Bonchev–Trinajstić information content (AvgIpc) is 2.88. The molecule has 2 saturated heterocycles. The summed E-state index contributed by atoms with van der Waals surface area (Å²) in [5.41, 5.74) is -0.0861. The molecule has 0 radical (unpaired) electrons. The molecule has 3 N–H and O–H groups in total. The van der Waals surface area contributed by atoms with Crippen molar-refractivity contribution in [2.45, 2.75) is 63.9 Å². The van der Waals surface area contributed by atoms with Gasteiger partial charge in [-0.1, -0.05) is 0 Å². The van der Waals surface area contributed by atoms with E-state index >= 15 is 0 Å². The maximum absolute atomic E-state index is 11.8. The Labute approximate surface area is 165 Å². The van der Waals surface area contributed by atoms with Crippen LogP contribution in [0.4, 0.5) is 5.95 Å². The monoisotopic (exact) mass is 392 g/mol. The highest BCUT2D eigenvalue weighted by Gasteiger charge is 2.52. The molecule has 2 atom stereocenters. The fourth-order valence-corrected chi connectivity index (χ4v) is 3.25. The van der Waals surface area contributed by atoms with Crippen molar-refractivity contribution >= 4 is 24.4 Å². The Morgan fingerprint density at radius 3 is 2.50 bits per heavy atom. The van der Waals surface area contributed by atoms with Crippen molar-refractivity contribution in [1.29, 1.82) is 0 Å². The number of carbonyl (C=O) groups is 1. The quantitative estimate of drug-likeness (QED) is 0.559. The number of aliphatic hydroxyl groups is 2. The van der Waals surface area contributed by atoms with Crippen LogP contribution in [0.1, 0.15) is 40.5 Å². The molecule has 154 valence electrons. The smallest absolute Gasteiger partial charge is 0.399 e. The zero-order chi connectivity index (χ0) is 20.5. The van der Waals surface area contributed by atoms with E-state index in [-0.39, 0.29) is 6.04 Å². The standard InChI is InChI=1S/C18H29BN4O5/c1-17(2)18(3,4)28-19(27-17)12-8-20-16(21-9-12)23-7-5-6-13(10-23)22-15(26)14(25)11-24/h8-9,13-14,24-25H,5-7,10-11H2,1-4H3,(H,22,26)/t13-,14-/m1/s1. The summed E-state index contributed by atoms with van der Waals surface area (Å²) in [5, 5.41) is 21.1. The Balaban J connectivity index is 1.63. The lowest BCUT2D eigenvalue weighted by Gasteiger charge is -2.33. The first-order valence-corrected chi connectivity index (χ1v) is 9.65. The lowest BCUT2D eigenvalue weighted by molar-refractivity contribution is -0.131. The second kappa shape index (κ2) is 7.94. The summed E-state index contributed by atoms with van der Waals surface area (Å²) in [5.74, 6) is 0.00768. The summed E-state index contributed by atoms with van der Waals surface area (Å²) in [6, 6.07) is -0.131. The molecular formula is C18H29BN4O5. The van der Waals surface area contributed by atoms with Gasteiger partial charge in [0.1, 0.15) is 0 Å². The van der Waals surface area contributed by atoms with Gasteiger partial charge in [0.2, 0.25) is 5.95 Å². The zero-order valence-electron chi connectivity index (χ0n) is 16.9. The lowest BCUT2D eigenvalue weighted by Crippen LogP contribution is -2.51. The van der Waals surface area contributed by atoms with E-state index in [9.17, 15) is 9.90 Å². The zero-order valence-corrected chi connectivity index (χ0v) is 16.9. The topological polar surface area (TPSA) is 117 Å². The fourth-order valence-electron chi connectivity index (χ4n) is 3.25. The third-order valence-electron chi connectivity index (χ3n) is 5.71. The molecule has 3 rings (SSSR count). The van der Waals surface area contributed by atoms with Gasteiger partial charge in [-0.25, -0.2) is 9.97 Å². The van der Waals surface area contributed by atoms with Gasteiger partial charge in [-0.15, -0.1) is 0 Å². The number of aromatic nitrogens is 2. The minimum atomic E-state index is -1.40. The number of rotatable bonds is 5. The molecule has 28 heavy (non-hydrogen) atoms. The van der Waals surface area contributed by atoms with Crippen LogP contribution < -0.4 is 15.7 Å². The molecule has 3 heterocycles. The second-order valence-corrected chi connectivity index (χ2v) is 8.40. The maximum atomic E-state index is 11.8. The van der Waals surface area contributed by atoms with Gasteiger partial charge in [-0.3, -0.25) is 4.79 Å². The molecule has 9 nitrogen and oxygen atoms in total. The van der Waals surface area contributed by atoms with Crippen molar-refractivity contribution in [2.75, 3.05) is 24.6 Å². The van der Waals surface area contributed by atoms with Gasteiger partial charge in [0.05, 0.1) is 17.8 Å². The Kier molecular flexibility index (Phi) is 5.95. The number of nitrogens with zero attached hydrogens (tertiary/aromatic N) is 3. The van der Waals surface area contributed by atoms with Gasteiger partial charge in [0.25, 0.3) is 5.91 Å². The van der Waals surface area contributed by atoms with Gasteiger partial charge in [0.15, 0.2) is 6.10 Å². The molecule has 1 aromatic heterocycles. The molecule has 10 heteroatoms. The predicted octanol–water partition coefficient (Wildman–Crippen LogP) is -0.786. The molecule has 0 saturated carbocycles. The SMILES string of the molecule is CC1(C)OB(c2cnc(N3CCC[C@@H](NC(=O)[C@H](O)CO)C3)nc2)OC1(C)C. The van der Waals surface area contributed by atoms with E-state index in [1.165, 1.54) is 0 Å². The van der Waals surface area contributed by atoms with Crippen LogP contribution in [0.3, 0.4) is 0 Å². The van der Waals surface area contributed by atoms with Crippen molar-refractivity contribution in [2.24, 2.45) is 0 Å². The summed E-state index contributed by atoms with van der Waals surface area (Å²) in [6.07, 6.45) is 3.69. The summed E-state index contributed by atoms with van der Waals surface area (Å²) >= 11 is 0. The number of carbonyl (C=O) groups excluding carboxylic acids is 1. The molecule has 0 spiro atoms. The van der Waals surface area contributed by atoms with Gasteiger partial charge in [-0.05, 0) is 40.5 Å². The summed E-state index contributed by atoms with van der Waals surface area (Å²) in [7, 11) is -0.507. The molecule has 0 unspecified atom stereocenters. The number of nitrogens with one attached hydrogen (secondary N) is 1. The number of aliphatic hydroxyl groups excluding tert-OH is 2. The van der Waals surface area contributed by atoms with Gasteiger partial charge in [-0.2, -0.15) is 0 Å². The third-order valence-corrected chi connectivity index (χ3v) is 5.71. The van der Waals surface area contributed by atoms with Crippen molar-refractivity contribution in [1.82, 2.24) is 15.3 Å². The number of amides is 1. The van der Waals surface area contributed by atoms with Crippen molar-refractivity contribution in [3.8, 4) is 0 Å². The van der Waals surface area contributed by atoms with E-state index in [0.29, 0.717) is 12.5 Å². The van der Waals surface area contributed by atoms with Crippen LogP contribution in [0.15, 0.2) is 12.4 Å². The lowest BCUT2D eigenvalue weighted by atomic mass is 9.81. The van der Waals surface area contributed by atoms with E-state index in [2.05, 4.69) is 15.3 Å². The van der Waals surface area contributed by atoms with Crippen LogP contribution in [-0.2, 0) is 14.1 Å². The summed E-state index contributed by atoms with van der Waals surface area (Å²) in [4.78, 5) is 22.7. The van der Waals surface area contributed by atoms with E-state index in [1.807, 2.05) is 32.6 Å². The molecule has 2 aliphatic heterocycles. The molecule has 2 aliphatic rings. The van der Waals surface area contributed by atoms with Gasteiger partial charge in [0, 0.05) is 37.0 Å². The number of hydrogen-bond acceptors (Lipinski definition) is 8. The summed E-state index contributed by atoms with van der Waals surface area (Å²) < 4.78 is 12.0. The second-order valence-electron chi connectivity index (χ2n) is 8.40. The van der Waals surface area contributed by atoms with Crippen LogP contribution >= 0.6 is 0 Å². The van der Waals surface area contributed by atoms with Gasteiger partial charge >= 0.3 is 7.12 Å². The Hall–Kier alpha value is -1.75. The van der Waals surface area contributed by atoms with Crippen molar-refractivity contribution < 1.29 is 24.3 Å². The van der Waals surface area contributed by atoms with Gasteiger partial charge < -0.3 is 29.7 Å². The Bertz CT molecular complexity index is 684. The number of piperidine rings is 1. The Morgan fingerprint density at radius 2 is 1.93 bits per heavy atom. The predicted molar refractivity (Wildman–Crippen MR) is 104 cm³/mol. The molecule has 0 aliphatic carbocycles. The first-order valence-electron chi connectivity index (χ1n) is 9.65. The average molecular weight is 392 g/mol. The normalized spacial score (nSPS) is 24.9. The first kappa shape index (κ1) is 21.0. The van der Waals surface area contributed by atoms with E-state index < -0.39 is 36.9 Å². The highest BCUT2D eigenvalue weighted by molar-refractivity contribution is 6.61. The minimum absolute atomic E-state index is 0.131. The molecule has 0 aromatic carbocycles. The number of hydrogen-bond donors (Lipinski definition) is 3. The van der Waals surface area contributed by atoms with Crippen LogP contribution in [0, 0.1) is 0 Å². The fraction of sp³-hybridized carbons (Fsp3) is 0.722. The Morgan fingerprint density at radius 1 is 1.32 bits per heavy atom. The minimum Gasteiger partial charge on any atom is -0.399 e. The largest absolute Gasteiger partial charge is 0.498 e. The van der Waals surface area contributed by atoms with Crippen LogP contribution in [0.2, 0.25) is 0 Å². The van der Waals surface area contributed by atoms with Crippen LogP contribution in [0.5, 0.6) is 0 Å². The molecular weight excluding hydrogens is 363 g/mol. The third kappa shape index (κ3) is 4.30. The highest BCUT2D eigenvalue weighted by Crippen LogP contribution is 2.36. The number of anilines is 1. The van der Waals surface area contributed by atoms with E-state index in [4.69, 9.17) is 14.4 Å². The maximum Gasteiger partial charge on any atom is 0.498 e.